The average molecular weight is 394 g/mol. The minimum atomic E-state index is -0.436. The van der Waals surface area contributed by atoms with Crippen LogP contribution in [0.5, 0.6) is 11.5 Å². The number of phenols is 2. The number of benzene rings is 2. The molecule has 5 heteroatoms. The van der Waals surface area contributed by atoms with Gasteiger partial charge in [0, 0.05) is 17.5 Å². The van der Waals surface area contributed by atoms with Gasteiger partial charge < -0.3 is 10.2 Å². The maximum atomic E-state index is 12.2. The molecule has 3 rings (SSSR count). The largest absolute Gasteiger partial charge is 0.508 e. The van der Waals surface area contributed by atoms with Crippen LogP contribution in [0.3, 0.4) is 0 Å². The SMILES string of the molecule is CCCCC(CC)C(=O)c1ccc(O)cc1O.O=C1C=Cc2ccccc2C1=O. The summed E-state index contributed by atoms with van der Waals surface area (Å²) < 4.78 is 0. The summed E-state index contributed by atoms with van der Waals surface area (Å²) in [7, 11) is 0. The van der Waals surface area contributed by atoms with Crippen molar-refractivity contribution in [2.75, 3.05) is 0 Å². The van der Waals surface area contributed by atoms with E-state index < -0.39 is 11.6 Å². The molecule has 0 saturated carbocycles. The van der Waals surface area contributed by atoms with E-state index in [1.165, 1.54) is 24.3 Å². The van der Waals surface area contributed by atoms with E-state index in [9.17, 15) is 24.6 Å². The van der Waals surface area contributed by atoms with E-state index in [1.54, 1.807) is 18.2 Å². The van der Waals surface area contributed by atoms with Crippen molar-refractivity contribution in [2.24, 2.45) is 5.92 Å². The van der Waals surface area contributed by atoms with Crippen LogP contribution in [0, 0.1) is 5.92 Å². The van der Waals surface area contributed by atoms with Gasteiger partial charge in [0.15, 0.2) is 5.78 Å². The number of hydrogen-bond donors (Lipinski definition) is 2. The number of aromatic hydroxyl groups is 2. The predicted molar refractivity (Wildman–Crippen MR) is 112 cm³/mol. The Morgan fingerprint density at radius 1 is 1.00 bits per heavy atom. The second-order valence-corrected chi connectivity index (χ2v) is 6.93. The fourth-order valence-corrected chi connectivity index (χ4v) is 3.14. The summed E-state index contributed by atoms with van der Waals surface area (Å²) >= 11 is 0. The smallest absolute Gasteiger partial charge is 0.233 e. The lowest BCUT2D eigenvalue weighted by molar-refractivity contribution is -0.110. The maximum absolute atomic E-state index is 12.2. The summed E-state index contributed by atoms with van der Waals surface area (Å²) in [6.45, 7) is 4.07. The first-order valence-corrected chi connectivity index (χ1v) is 9.81. The van der Waals surface area contributed by atoms with Crippen molar-refractivity contribution in [3.8, 4) is 11.5 Å². The van der Waals surface area contributed by atoms with Gasteiger partial charge in [-0.2, -0.15) is 0 Å². The highest BCUT2D eigenvalue weighted by Crippen LogP contribution is 2.27. The Hall–Kier alpha value is -3.21. The highest BCUT2D eigenvalue weighted by atomic mass is 16.3. The number of hydrogen-bond acceptors (Lipinski definition) is 5. The first-order valence-electron chi connectivity index (χ1n) is 9.81. The maximum Gasteiger partial charge on any atom is 0.233 e. The van der Waals surface area contributed by atoms with Crippen molar-refractivity contribution in [1.29, 1.82) is 0 Å². The third-order valence-electron chi connectivity index (χ3n) is 4.86. The summed E-state index contributed by atoms with van der Waals surface area (Å²) in [5.74, 6) is -1.07. The lowest BCUT2D eigenvalue weighted by atomic mass is 9.90. The molecule has 152 valence electrons. The highest BCUT2D eigenvalue weighted by molar-refractivity contribution is 6.49. The van der Waals surface area contributed by atoms with Crippen LogP contribution < -0.4 is 0 Å². The molecule has 0 aliphatic heterocycles. The molecule has 2 N–H and O–H groups in total. The van der Waals surface area contributed by atoms with Crippen molar-refractivity contribution in [3.63, 3.8) is 0 Å². The first kappa shape index (κ1) is 22.1. The molecule has 2 aromatic rings. The molecule has 1 unspecified atom stereocenters. The third kappa shape index (κ3) is 5.64. The molecule has 1 atom stereocenters. The Morgan fingerprint density at radius 2 is 1.72 bits per heavy atom. The quantitative estimate of drug-likeness (QED) is 0.533. The molecule has 0 heterocycles. The summed E-state index contributed by atoms with van der Waals surface area (Å²) in [5, 5.41) is 18.8. The first-order chi connectivity index (χ1) is 13.9. The standard InChI is InChI=1S/C14H20O3.C10H6O2/c1-3-5-6-10(4-2)14(17)12-8-7-11(15)9-13(12)16;11-9-6-5-7-3-1-2-4-8(7)10(9)12/h7-10,15-16H,3-6H2,1-2H3;1-6H. The third-order valence-corrected chi connectivity index (χ3v) is 4.86. The number of unbranched alkanes of at least 4 members (excludes halogenated alkanes) is 1. The van der Waals surface area contributed by atoms with Gasteiger partial charge in [-0.15, -0.1) is 0 Å². The second-order valence-electron chi connectivity index (χ2n) is 6.93. The van der Waals surface area contributed by atoms with Crippen molar-refractivity contribution < 1.29 is 24.6 Å². The van der Waals surface area contributed by atoms with Crippen LogP contribution in [0.4, 0.5) is 0 Å². The summed E-state index contributed by atoms with van der Waals surface area (Å²) in [4.78, 5) is 34.3. The summed E-state index contributed by atoms with van der Waals surface area (Å²) in [6, 6.07) is 11.2. The average Bonchev–Trinajstić information content (AvgIpc) is 2.72. The Balaban J connectivity index is 0.000000218. The Labute approximate surface area is 170 Å². The summed E-state index contributed by atoms with van der Waals surface area (Å²) in [5.41, 5.74) is 1.64. The number of carbonyl (C=O) groups excluding carboxylic acids is 3. The molecule has 0 aromatic heterocycles. The molecule has 5 nitrogen and oxygen atoms in total. The van der Waals surface area contributed by atoms with Gasteiger partial charge in [-0.1, -0.05) is 57.0 Å². The van der Waals surface area contributed by atoms with E-state index in [4.69, 9.17) is 0 Å². The zero-order valence-corrected chi connectivity index (χ0v) is 16.7. The van der Waals surface area contributed by atoms with E-state index in [2.05, 4.69) is 6.92 Å². The number of phenolic OH excluding ortho intramolecular Hbond substituents is 2. The van der Waals surface area contributed by atoms with Gasteiger partial charge in [0.2, 0.25) is 11.6 Å². The van der Waals surface area contributed by atoms with Crippen LogP contribution >= 0.6 is 0 Å². The van der Waals surface area contributed by atoms with Crippen molar-refractivity contribution in [3.05, 3.63) is 65.2 Å². The minimum Gasteiger partial charge on any atom is -0.508 e. The van der Waals surface area contributed by atoms with Gasteiger partial charge in [0.25, 0.3) is 0 Å². The van der Waals surface area contributed by atoms with Crippen LogP contribution in [-0.2, 0) is 4.79 Å². The zero-order chi connectivity index (χ0) is 21.4. The molecule has 0 amide bonds. The highest BCUT2D eigenvalue weighted by Gasteiger charge is 2.21. The van der Waals surface area contributed by atoms with E-state index >= 15 is 0 Å². The van der Waals surface area contributed by atoms with E-state index in [-0.39, 0.29) is 23.2 Å². The number of allylic oxidation sites excluding steroid dienone is 1. The van der Waals surface area contributed by atoms with Gasteiger partial charge in [-0.05, 0) is 36.6 Å². The number of fused-ring (bicyclic) bond motifs is 1. The molecule has 0 radical (unpaired) electrons. The monoisotopic (exact) mass is 394 g/mol. The van der Waals surface area contributed by atoms with Crippen LogP contribution in [-0.4, -0.2) is 27.6 Å². The van der Waals surface area contributed by atoms with Crippen LogP contribution in [0.15, 0.2) is 48.5 Å². The van der Waals surface area contributed by atoms with Gasteiger partial charge >= 0.3 is 0 Å². The lowest BCUT2D eigenvalue weighted by Gasteiger charge is -2.14. The van der Waals surface area contributed by atoms with E-state index in [0.29, 0.717) is 11.1 Å². The topological polar surface area (TPSA) is 91.7 Å². The van der Waals surface area contributed by atoms with Gasteiger partial charge in [0.05, 0.1) is 5.56 Å². The molecule has 1 aliphatic carbocycles. The number of Topliss-reactive ketones (excluding diaryl/α,β-unsaturated/α-hetero) is 2. The van der Waals surface area contributed by atoms with Gasteiger partial charge in [-0.25, -0.2) is 0 Å². The minimum absolute atomic E-state index is 0.0272. The van der Waals surface area contributed by atoms with Crippen LogP contribution in [0.25, 0.3) is 6.08 Å². The number of rotatable bonds is 6. The van der Waals surface area contributed by atoms with Crippen LogP contribution in [0.2, 0.25) is 0 Å². The molecule has 0 spiro atoms. The number of ketones is 3. The summed E-state index contributed by atoms with van der Waals surface area (Å²) in [6.07, 6.45) is 6.68. The van der Waals surface area contributed by atoms with Crippen LogP contribution in [0.1, 0.15) is 65.8 Å². The molecule has 0 bridgehead atoms. The Morgan fingerprint density at radius 3 is 2.38 bits per heavy atom. The molecule has 29 heavy (non-hydrogen) atoms. The molecular formula is C24H26O5. The van der Waals surface area contributed by atoms with E-state index in [1.807, 2.05) is 19.1 Å². The number of carbonyl (C=O) groups is 3. The lowest BCUT2D eigenvalue weighted by Crippen LogP contribution is -2.15. The predicted octanol–water partition coefficient (Wildman–Crippen LogP) is 4.96. The van der Waals surface area contributed by atoms with Gasteiger partial charge in [0.1, 0.15) is 11.5 Å². The van der Waals surface area contributed by atoms with Crippen molar-refractivity contribution in [2.45, 2.75) is 39.5 Å². The van der Waals surface area contributed by atoms with E-state index in [0.717, 1.165) is 31.2 Å². The fourth-order valence-electron chi connectivity index (χ4n) is 3.14. The molecule has 1 aliphatic rings. The van der Waals surface area contributed by atoms with Crippen molar-refractivity contribution in [1.82, 2.24) is 0 Å². The molecular weight excluding hydrogens is 368 g/mol. The normalized spacial score (nSPS) is 13.3. The zero-order valence-electron chi connectivity index (χ0n) is 16.7. The Kier molecular flexibility index (Phi) is 7.89. The molecule has 2 aromatic carbocycles. The second kappa shape index (κ2) is 10.4. The molecule has 0 fully saturated rings. The van der Waals surface area contributed by atoms with Crippen molar-refractivity contribution >= 4 is 23.4 Å². The van der Waals surface area contributed by atoms with Gasteiger partial charge in [-0.3, -0.25) is 14.4 Å². The molecule has 0 saturated heterocycles. The fraction of sp³-hybridized carbons (Fsp3) is 0.292. The Bertz CT molecular complexity index is 927.